The SMILES string of the molecule is CC[C@H](C)NC(=O)C1CCN(c2ncccn2)CC1. The molecule has 5 heteroatoms. The molecule has 19 heavy (non-hydrogen) atoms. The van der Waals surface area contributed by atoms with Crippen LogP contribution in [0.1, 0.15) is 33.1 Å². The zero-order valence-corrected chi connectivity index (χ0v) is 11.7. The van der Waals surface area contributed by atoms with Gasteiger partial charge in [0.1, 0.15) is 0 Å². The normalized spacial score (nSPS) is 18.1. The van der Waals surface area contributed by atoms with E-state index in [-0.39, 0.29) is 17.9 Å². The molecule has 5 nitrogen and oxygen atoms in total. The molecule has 0 saturated carbocycles. The highest BCUT2D eigenvalue weighted by Crippen LogP contribution is 2.20. The van der Waals surface area contributed by atoms with Crippen LogP contribution in [-0.2, 0) is 4.79 Å². The van der Waals surface area contributed by atoms with Gasteiger partial charge in [0.2, 0.25) is 11.9 Å². The van der Waals surface area contributed by atoms with Crippen LogP contribution < -0.4 is 10.2 Å². The van der Waals surface area contributed by atoms with E-state index in [1.165, 1.54) is 0 Å². The van der Waals surface area contributed by atoms with Crippen LogP contribution in [0.2, 0.25) is 0 Å². The Morgan fingerprint density at radius 2 is 2.05 bits per heavy atom. The summed E-state index contributed by atoms with van der Waals surface area (Å²) < 4.78 is 0. The fourth-order valence-electron chi connectivity index (χ4n) is 2.26. The number of carbonyl (C=O) groups excluding carboxylic acids is 1. The van der Waals surface area contributed by atoms with Crippen molar-refractivity contribution in [2.75, 3.05) is 18.0 Å². The summed E-state index contributed by atoms with van der Waals surface area (Å²) in [5.41, 5.74) is 0. The third-order valence-corrected chi connectivity index (χ3v) is 3.70. The van der Waals surface area contributed by atoms with Crippen LogP contribution in [0.3, 0.4) is 0 Å². The molecule has 1 aromatic rings. The molecular formula is C14H22N4O. The average molecular weight is 262 g/mol. The zero-order chi connectivity index (χ0) is 13.7. The molecule has 0 bridgehead atoms. The van der Waals surface area contributed by atoms with Gasteiger partial charge in [0.15, 0.2) is 0 Å². The van der Waals surface area contributed by atoms with Gasteiger partial charge in [-0.15, -0.1) is 0 Å². The number of carbonyl (C=O) groups is 1. The van der Waals surface area contributed by atoms with Crippen molar-refractivity contribution in [3.05, 3.63) is 18.5 Å². The highest BCUT2D eigenvalue weighted by Gasteiger charge is 2.26. The number of hydrogen-bond donors (Lipinski definition) is 1. The number of rotatable bonds is 4. The molecule has 0 aromatic carbocycles. The highest BCUT2D eigenvalue weighted by atomic mass is 16.1. The van der Waals surface area contributed by atoms with E-state index in [1.54, 1.807) is 12.4 Å². The molecule has 0 radical (unpaired) electrons. The maximum atomic E-state index is 12.0. The molecule has 1 aromatic heterocycles. The number of nitrogens with zero attached hydrogens (tertiary/aromatic N) is 3. The molecule has 0 unspecified atom stereocenters. The molecule has 1 atom stereocenters. The Morgan fingerprint density at radius 1 is 1.42 bits per heavy atom. The molecule has 1 amide bonds. The summed E-state index contributed by atoms with van der Waals surface area (Å²) in [4.78, 5) is 22.7. The van der Waals surface area contributed by atoms with Crippen LogP contribution >= 0.6 is 0 Å². The van der Waals surface area contributed by atoms with Gasteiger partial charge in [-0.1, -0.05) is 6.92 Å². The third kappa shape index (κ3) is 3.66. The van der Waals surface area contributed by atoms with E-state index in [4.69, 9.17) is 0 Å². The second-order valence-corrected chi connectivity index (χ2v) is 5.13. The molecule has 2 heterocycles. The summed E-state index contributed by atoms with van der Waals surface area (Å²) in [6, 6.07) is 2.08. The maximum absolute atomic E-state index is 12.0. The van der Waals surface area contributed by atoms with Gasteiger partial charge in [0.25, 0.3) is 0 Å². The maximum Gasteiger partial charge on any atom is 0.225 e. The molecular weight excluding hydrogens is 240 g/mol. The highest BCUT2D eigenvalue weighted by molar-refractivity contribution is 5.79. The standard InChI is InChI=1S/C14H22N4O/c1-3-11(2)17-13(19)12-5-9-18(10-6-12)14-15-7-4-8-16-14/h4,7-8,11-12H,3,5-6,9-10H2,1-2H3,(H,17,19)/t11-/m0/s1. The first kappa shape index (κ1) is 13.8. The number of amides is 1. The van der Waals surface area contributed by atoms with Gasteiger partial charge in [-0.25, -0.2) is 9.97 Å². The number of anilines is 1. The summed E-state index contributed by atoms with van der Waals surface area (Å²) >= 11 is 0. The van der Waals surface area contributed by atoms with E-state index in [9.17, 15) is 4.79 Å². The predicted molar refractivity (Wildman–Crippen MR) is 74.9 cm³/mol. The first-order valence-corrected chi connectivity index (χ1v) is 7.03. The average Bonchev–Trinajstić information content (AvgIpc) is 2.48. The summed E-state index contributed by atoms with van der Waals surface area (Å²) in [7, 11) is 0. The van der Waals surface area contributed by atoms with Crippen molar-refractivity contribution in [1.82, 2.24) is 15.3 Å². The quantitative estimate of drug-likeness (QED) is 0.895. The van der Waals surface area contributed by atoms with Crippen molar-refractivity contribution in [2.45, 2.75) is 39.2 Å². The van der Waals surface area contributed by atoms with Crippen molar-refractivity contribution >= 4 is 11.9 Å². The van der Waals surface area contributed by atoms with Gasteiger partial charge >= 0.3 is 0 Å². The van der Waals surface area contributed by atoms with Crippen molar-refractivity contribution in [3.63, 3.8) is 0 Å². The minimum atomic E-state index is 0.133. The minimum Gasteiger partial charge on any atom is -0.353 e. The van der Waals surface area contributed by atoms with Crippen molar-refractivity contribution < 1.29 is 4.79 Å². The number of nitrogens with one attached hydrogen (secondary N) is 1. The second kappa shape index (κ2) is 6.50. The molecule has 0 spiro atoms. The van der Waals surface area contributed by atoms with E-state index in [2.05, 4.69) is 27.1 Å². The second-order valence-electron chi connectivity index (χ2n) is 5.13. The molecule has 104 valence electrons. The zero-order valence-electron chi connectivity index (χ0n) is 11.7. The molecule has 1 N–H and O–H groups in total. The first-order chi connectivity index (χ1) is 9.20. The minimum absolute atomic E-state index is 0.133. The lowest BCUT2D eigenvalue weighted by Crippen LogP contribution is -2.43. The van der Waals surface area contributed by atoms with Gasteiger partial charge < -0.3 is 10.2 Å². The Bertz CT molecular complexity index is 401. The monoisotopic (exact) mass is 262 g/mol. The van der Waals surface area contributed by atoms with Crippen LogP contribution in [0.4, 0.5) is 5.95 Å². The Hall–Kier alpha value is -1.65. The van der Waals surface area contributed by atoms with Gasteiger partial charge in [-0.2, -0.15) is 0 Å². The van der Waals surface area contributed by atoms with Crippen molar-refractivity contribution in [3.8, 4) is 0 Å². The Morgan fingerprint density at radius 3 is 2.63 bits per heavy atom. The molecule has 0 aliphatic carbocycles. The lowest BCUT2D eigenvalue weighted by molar-refractivity contribution is -0.126. The van der Waals surface area contributed by atoms with Crippen LogP contribution in [0, 0.1) is 5.92 Å². The summed E-state index contributed by atoms with van der Waals surface area (Å²) in [6.07, 6.45) is 6.23. The van der Waals surface area contributed by atoms with Crippen LogP contribution in [-0.4, -0.2) is 35.0 Å². The summed E-state index contributed by atoms with van der Waals surface area (Å²) in [5, 5.41) is 3.07. The number of piperidine rings is 1. The summed E-state index contributed by atoms with van der Waals surface area (Å²) in [5.74, 6) is 1.10. The van der Waals surface area contributed by atoms with Gasteiger partial charge in [0, 0.05) is 37.4 Å². The van der Waals surface area contributed by atoms with E-state index < -0.39 is 0 Å². The molecule has 1 aliphatic rings. The van der Waals surface area contributed by atoms with Crippen LogP contribution in [0.25, 0.3) is 0 Å². The van der Waals surface area contributed by atoms with Crippen LogP contribution in [0.5, 0.6) is 0 Å². The topological polar surface area (TPSA) is 58.1 Å². The Kier molecular flexibility index (Phi) is 4.71. The third-order valence-electron chi connectivity index (χ3n) is 3.70. The fourth-order valence-corrected chi connectivity index (χ4v) is 2.26. The van der Waals surface area contributed by atoms with Gasteiger partial charge in [0.05, 0.1) is 0 Å². The summed E-state index contributed by atoms with van der Waals surface area (Å²) in [6.45, 7) is 5.83. The lowest BCUT2D eigenvalue weighted by Gasteiger charge is -2.31. The molecule has 1 aliphatic heterocycles. The molecule has 1 saturated heterocycles. The van der Waals surface area contributed by atoms with Crippen LogP contribution in [0.15, 0.2) is 18.5 Å². The van der Waals surface area contributed by atoms with E-state index in [0.717, 1.165) is 38.3 Å². The van der Waals surface area contributed by atoms with E-state index in [1.807, 2.05) is 13.0 Å². The smallest absolute Gasteiger partial charge is 0.225 e. The number of aromatic nitrogens is 2. The van der Waals surface area contributed by atoms with E-state index in [0.29, 0.717) is 0 Å². The number of hydrogen-bond acceptors (Lipinski definition) is 4. The first-order valence-electron chi connectivity index (χ1n) is 7.03. The Labute approximate surface area is 114 Å². The molecule has 1 fully saturated rings. The predicted octanol–water partition coefficient (Wildman–Crippen LogP) is 1.61. The Balaban J connectivity index is 1.84. The molecule has 2 rings (SSSR count). The lowest BCUT2D eigenvalue weighted by atomic mass is 9.95. The van der Waals surface area contributed by atoms with Crippen molar-refractivity contribution in [2.24, 2.45) is 5.92 Å². The van der Waals surface area contributed by atoms with Crippen molar-refractivity contribution in [1.29, 1.82) is 0 Å². The largest absolute Gasteiger partial charge is 0.353 e. The fraction of sp³-hybridized carbons (Fsp3) is 0.643. The van der Waals surface area contributed by atoms with Gasteiger partial charge in [-0.05, 0) is 32.3 Å². The van der Waals surface area contributed by atoms with E-state index >= 15 is 0 Å². The van der Waals surface area contributed by atoms with Gasteiger partial charge in [-0.3, -0.25) is 4.79 Å².